The van der Waals surface area contributed by atoms with Crippen LogP contribution in [0.2, 0.25) is 0 Å². The summed E-state index contributed by atoms with van der Waals surface area (Å²) in [4.78, 5) is 33.8. The molecule has 0 aliphatic heterocycles. The highest BCUT2D eigenvalue weighted by Crippen LogP contribution is 2.22. The Labute approximate surface area is 144 Å². The Morgan fingerprint density at radius 2 is 1.84 bits per heavy atom. The Balaban J connectivity index is 2.29. The van der Waals surface area contributed by atoms with Crippen LogP contribution < -0.4 is 10.4 Å². The minimum atomic E-state index is -1.36. The van der Waals surface area contributed by atoms with Gasteiger partial charge in [0, 0.05) is 30.1 Å². The van der Waals surface area contributed by atoms with Gasteiger partial charge in [-0.2, -0.15) is 0 Å². The maximum absolute atomic E-state index is 12.4. The van der Waals surface area contributed by atoms with Gasteiger partial charge in [0.05, 0.1) is 11.0 Å². The second kappa shape index (κ2) is 7.57. The van der Waals surface area contributed by atoms with E-state index in [1.54, 1.807) is 18.2 Å². The third-order valence-corrected chi connectivity index (χ3v) is 3.93. The molecule has 2 aromatic carbocycles. The van der Waals surface area contributed by atoms with Crippen LogP contribution in [0.1, 0.15) is 39.5 Å². The van der Waals surface area contributed by atoms with Gasteiger partial charge in [-0.3, -0.25) is 14.9 Å². The lowest BCUT2D eigenvalue weighted by atomic mass is 10.0. The maximum Gasteiger partial charge on any atom is 0.269 e. The predicted molar refractivity (Wildman–Crippen MR) is 88.8 cm³/mol. The first-order chi connectivity index (χ1) is 11.8. The summed E-state index contributed by atoms with van der Waals surface area (Å²) in [6.07, 6.45) is -0.488. The zero-order chi connectivity index (χ0) is 18.6. The number of nitrogens with one attached hydrogen (secondary N) is 1. The van der Waals surface area contributed by atoms with Crippen molar-refractivity contribution in [1.82, 2.24) is 5.32 Å². The van der Waals surface area contributed by atoms with Crippen molar-refractivity contribution >= 4 is 17.6 Å². The van der Waals surface area contributed by atoms with Crippen LogP contribution in [0.25, 0.3) is 0 Å². The molecular formula is C18H17N2O5-. The molecule has 1 atom stereocenters. The van der Waals surface area contributed by atoms with Gasteiger partial charge in [-0.1, -0.05) is 18.2 Å². The van der Waals surface area contributed by atoms with Crippen molar-refractivity contribution in [2.45, 2.75) is 26.3 Å². The summed E-state index contributed by atoms with van der Waals surface area (Å²) >= 11 is 0. The molecule has 1 amide bonds. The van der Waals surface area contributed by atoms with Crippen LogP contribution in [-0.4, -0.2) is 16.8 Å². The van der Waals surface area contributed by atoms with Gasteiger partial charge < -0.3 is 15.2 Å². The summed E-state index contributed by atoms with van der Waals surface area (Å²) in [5.41, 5.74) is 2.50. The van der Waals surface area contributed by atoms with E-state index in [0.717, 1.165) is 11.1 Å². The number of rotatable bonds is 6. The summed E-state index contributed by atoms with van der Waals surface area (Å²) in [5.74, 6) is -1.82. The lowest BCUT2D eigenvalue weighted by Crippen LogP contribution is -2.34. The third kappa shape index (κ3) is 4.63. The molecule has 0 fully saturated rings. The summed E-state index contributed by atoms with van der Waals surface area (Å²) in [7, 11) is 0. The molecule has 2 aromatic rings. The van der Waals surface area contributed by atoms with Gasteiger partial charge in [0.1, 0.15) is 0 Å². The van der Waals surface area contributed by atoms with Gasteiger partial charge >= 0.3 is 0 Å². The topological polar surface area (TPSA) is 112 Å². The Kier molecular flexibility index (Phi) is 5.49. The van der Waals surface area contributed by atoms with Crippen LogP contribution in [0.15, 0.2) is 42.5 Å². The highest BCUT2D eigenvalue weighted by atomic mass is 16.6. The molecule has 1 N–H and O–H groups in total. The molecule has 0 bridgehead atoms. The smallest absolute Gasteiger partial charge is 0.269 e. The number of carbonyl (C=O) groups is 2. The normalized spacial score (nSPS) is 11.6. The lowest BCUT2D eigenvalue weighted by molar-refractivity contribution is -0.385. The number of nitro benzene ring substituents is 1. The number of nitrogens with zero attached hydrogens (tertiary/aromatic N) is 1. The lowest BCUT2D eigenvalue weighted by Gasteiger charge is -2.20. The summed E-state index contributed by atoms with van der Waals surface area (Å²) < 4.78 is 0. The fourth-order valence-electron chi connectivity index (χ4n) is 2.40. The van der Waals surface area contributed by atoms with E-state index in [1.165, 1.54) is 24.3 Å². The Hall–Kier alpha value is -3.22. The molecule has 0 saturated carbocycles. The van der Waals surface area contributed by atoms with Gasteiger partial charge in [0.2, 0.25) is 0 Å². The van der Waals surface area contributed by atoms with Gasteiger partial charge in [0.15, 0.2) is 0 Å². The van der Waals surface area contributed by atoms with Crippen LogP contribution >= 0.6 is 0 Å². The summed E-state index contributed by atoms with van der Waals surface area (Å²) in [5, 5.41) is 24.5. The quantitative estimate of drug-likeness (QED) is 0.636. The Bertz CT molecular complexity index is 832. The van der Waals surface area contributed by atoms with E-state index in [-0.39, 0.29) is 5.69 Å². The third-order valence-electron chi connectivity index (χ3n) is 3.93. The first kappa shape index (κ1) is 18.1. The largest absolute Gasteiger partial charge is 0.550 e. The molecule has 0 radical (unpaired) electrons. The zero-order valence-corrected chi connectivity index (χ0v) is 13.8. The van der Waals surface area contributed by atoms with Crippen molar-refractivity contribution < 1.29 is 19.6 Å². The predicted octanol–water partition coefficient (Wildman–Crippen LogP) is 1.82. The van der Waals surface area contributed by atoms with Crippen molar-refractivity contribution in [1.29, 1.82) is 0 Å². The molecule has 0 heterocycles. The number of nitro groups is 1. The van der Waals surface area contributed by atoms with E-state index in [9.17, 15) is 24.8 Å². The van der Waals surface area contributed by atoms with Crippen LogP contribution in [-0.2, 0) is 4.79 Å². The van der Waals surface area contributed by atoms with Crippen molar-refractivity contribution in [2.24, 2.45) is 0 Å². The molecule has 25 heavy (non-hydrogen) atoms. The minimum Gasteiger partial charge on any atom is -0.550 e. The van der Waals surface area contributed by atoms with Crippen molar-refractivity contribution in [2.75, 3.05) is 0 Å². The Morgan fingerprint density at radius 1 is 1.12 bits per heavy atom. The van der Waals surface area contributed by atoms with Gasteiger partial charge in [-0.05, 0) is 42.7 Å². The maximum atomic E-state index is 12.4. The van der Waals surface area contributed by atoms with Gasteiger partial charge in [0.25, 0.3) is 11.6 Å². The monoisotopic (exact) mass is 341 g/mol. The zero-order valence-electron chi connectivity index (χ0n) is 13.8. The first-order valence-corrected chi connectivity index (χ1v) is 7.60. The second-order valence-corrected chi connectivity index (χ2v) is 5.75. The average Bonchev–Trinajstić information content (AvgIpc) is 2.56. The molecule has 130 valence electrons. The van der Waals surface area contributed by atoms with E-state index in [2.05, 4.69) is 5.32 Å². The van der Waals surface area contributed by atoms with E-state index < -0.39 is 29.3 Å². The summed E-state index contributed by atoms with van der Waals surface area (Å²) in [6, 6.07) is 9.72. The first-order valence-electron chi connectivity index (χ1n) is 7.60. The van der Waals surface area contributed by atoms with E-state index in [0.29, 0.717) is 11.1 Å². The fraction of sp³-hybridized carbons (Fsp3) is 0.222. The number of carboxylic acid groups (broad SMARTS) is 1. The van der Waals surface area contributed by atoms with Crippen molar-refractivity contribution in [3.63, 3.8) is 0 Å². The molecule has 0 aromatic heterocycles. The standard InChI is InChI=1S/C18H18N2O5/c1-11-6-7-14(8-12(11)2)18(23)19-16(10-17(21)22)13-4-3-5-15(9-13)20(24)25/h3-9,16H,10H2,1-2H3,(H,19,23)(H,21,22)/p-1. The molecular weight excluding hydrogens is 324 g/mol. The number of non-ortho nitro benzene ring substituents is 1. The molecule has 0 spiro atoms. The number of hydrogen-bond donors (Lipinski definition) is 1. The number of benzene rings is 2. The number of hydrogen-bond acceptors (Lipinski definition) is 5. The van der Waals surface area contributed by atoms with Gasteiger partial charge in [-0.25, -0.2) is 0 Å². The molecule has 0 aliphatic rings. The van der Waals surface area contributed by atoms with Gasteiger partial charge in [-0.15, -0.1) is 0 Å². The molecule has 1 unspecified atom stereocenters. The number of aryl methyl sites for hydroxylation is 2. The molecule has 7 nitrogen and oxygen atoms in total. The average molecular weight is 341 g/mol. The van der Waals surface area contributed by atoms with Crippen LogP contribution in [0.3, 0.4) is 0 Å². The number of amides is 1. The van der Waals surface area contributed by atoms with E-state index in [1.807, 2.05) is 13.8 Å². The SMILES string of the molecule is Cc1ccc(C(=O)NC(CC(=O)[O-])c2cccc([N+](=O)[O-])c2)cc1C. The fourth-order valence-corrected chi connectivity index (χ4v) is 2.40. The van der Waals surface area contributed by atoms with Crippen LogP contribution in [0.5, 0.6) is 0 Å². The van der Waals surface area contributed by atoms with Crippen molar-refractivity contribution in [3.8, 4) is 0 Å². The number of carboxylic acids is 1. The van der Waals surface area contributed by atoms with E-state index >= 15 is 0 Å². The second-order valence-electron chi connectivity index (χ2n) is 5.75. The van der Waals surface area contributed by atoms with E-state index in [4.69, 9.17) is 0 Å². The summed E-state index contributed by atoms with van der Waals surface area (Å²) in [6.45, 7) is 3.78. The van der Waals surface area contributed by atoms with Crippen LogP contribution in [0.4, 0.5) is 5.69 Å². The minimum absolute atomic E-state index is 0.179. The van der Waals surface area contributed by atoms with Crippen LogP contribution in [0, 0.1) is 24.0 Å². The highest BCUT2D eigenvalue weighted by Gasteiger charge is 2.19. The molecule has 0 aliphatic carbocycles. The Morgan fingerprint density at radius 3 is 2.44 bits per heavy atom. The highest BCUT2D eigenvalue weighted by molar-refractivity contribution is 5.95. The number of carbonyl (C=O) groups excluding carboxylic acids is 2. The molecule has 2 rings (SSSR count). The molecule has 7 heteroatoms. The number of aliphatic carboxylic acids is 1. The van der Waals surface area contributed by atoms with Crippen molar-refractivity contribution in [3.05, 3.63) is 74.8 Å². The molecule has 0 saturated heterocycles.